The summed E-state index contributed by atoms with van der Waals surface area (Å²) in [6, 6.07) is 9.55. The lowest BCUT2D eigenvalue weighted by atomic mass is 10.0. The van der Waals surface area contributed by atoms with Gasteiger partial charge in [-0.1, -0.05) is 44.2 Å². The average molecular weight is 394 g/mol. The topological polar surface area (TPSA) is 111 Å². The highest BCUT2D eigenvalue weighted by Crippen LogP contribution is 2.09. The van der Waals surface area contributed by atoms with Crippen LogP contribution in [-0.2, 0) is 11.2 Å². The molecule has 0 aliphatic carbocycles. The molecule has 1 heterocycles. The largest absolute Gasteiger partial charge is 0.503 e. The molecule has 0 fully saturated rings. The molecule has 0 spiro atoms. The summed E-state index contributed by atoms with van der Waals surface area (Å²) in [6.07, 6.45) is 1.55. The molecule has 0 radical (unpaired) electrons. The molecule has 0 saturated heterocycles. The number of rotatable bonds is 7. The van der Waals surface area contributed by atoms with Gasteiger partial charge in [0.2, 0.25) is 11.3 Å². The molecule has 27 heavy (non-hydrogen) atoms. The number of nitrogens with one attached hydrogen (secondary N) is 3. The van der Waals surface area contributed by atoms with Gasteiger partial charge < -0.3 is 20.7 Å². The van der Waals surface area contributed by atoms with Crippen molar-refractivity contribution in [3.05, 3.63) is 64.1 Å². The highest BCUT2D eigenvalue weighted by atomic mass is 35.5. The molecule has 0 bridgehead atoms. The van der Waals surface area contributed by atoms with Crippen LogP contribution in [0.2, 0.25) is 0 Å². The van der Waals surface area contributed by atoms with Gasteiger partial charge in [0, 0.05) is 25.2 Å². The Hall–Kier alpha value is -2.80. The van der Waals surface area contributed by atoms with E-state index in [0.717, 1.165) is 11.6 Å². The summed E-state index contributed by atoms with van der Waals surface area (Å²) in [5.41, 5.74) is -0.0618. The van der Waals surface area contributed by atoms with Crippen molar-refractivity contribution in [3.63, 3.8) is 0 Å². The van der Waals surface area contributed by atoms with E-state index in [1.54, 1.807) is 0 Å². The fraction of sp³-hybridized carbons (Fsp3) is 0.316. The number of hydrogen-bond acceptors (Lipinski definition) is 4. The van der Waals surface area contributed by atoms with E-state index >= 15 is 0 Å². The van der Waals surface area contributed by atoms with Gasteiger partial charge in [-0.2, -0.15) is 0 Å². The Kier molecular flexibility index (Phi) is 8.55. The number of pyridine rings is 1. The van der Waals surface area contributed by atoms with Crippen molar-refractivity contribution >= 4 is 24.2 Å². The van der Waals surface area contributed by atoms with Gasteiger partial charge in [-0.25, -0.2) is 0 Å². The maximum Gasteiger partial charge on any atom is 0.272 e. The fourth-order valence-electron chi connectivity index (χ4n) is 2.36. The van der Waals surface area contributed by atoms with Crippen LogP contribution in [0.25, 0.3) is 0 Å². The fourth-order valence-corrected chi connectivity index (χ4v) is 2.36. The summed E-state index contributed by atoms with van der Waals surface area (Å²) in [5.74, 6) is -1.46. The number of aromatic hydroxyl groups is 1. The predicted molar refractivity (Wildman–Crippen MR) is 105 cm³/mol. The minimum atomic E-state index is -0.841. The lowest BCUT2D eigenvalue weighted by Crippen LogP contribution is -2.49. The zero-order valence-corrected chi connectivity index (χ0v) is 16.0. The summed E-state index contributed by atoms with van der Waals surface area (Å²) >= 11 is 0. The summed E-state index contributed by atoms with van der Waals surface area (Å²) in [6.45, 7) is 4.42. The van der Waals surface area contributed by atoms with Gasteiger partial charge in [0.1, 0.15) is 6.04 Å². The van der Waals surface area contributed by atoms with Crippen LogP contribution in [0.4, 0.5) is 0 Å². The quantitative estimate of drug-likeness (QED) is 0.572. The molecule has 1 aromatic heterocycles. The van der Waals surface area contributed by atoms with Crippen molar-refractivity contribution in [2.45, 2.75) is 26.3 Å². The van der Waals surface area contributed by atoms with Crippen LogP contribution >= 0.6 is 12.4 Å². The molecule has 1 aromatic carbocycles. The second kappa shape index (κ2) is 10.4. The number of aromatic nitrogens is 1. The van der Waals surface area contributed by atoms with Crippen LogP contribution < -0.4 is 16.1 Å². The zero-order chi connectivity index (χ0) is 19.1. The standard InChI is InChI=1S/C19H23N3O4.ClH/c1-12(2)11-21-18(25)14(10-13-6-4-3-5-7-13)22-19(26)16-17(24)15(23)8-9-20-16;/h3-9,12,14,24H,10-11H2,1-2H3,(H,20,23)(H,21,25)(H,22,26);1H/t14-;/m0./s1. The third kappa shape index (κ3) is 6.45. The van der Waals surface area contributed by atoms with Crippen LogP contribution in [0.15, 0.2) is 47.4 Å². The minimum Gasteiger partial charge on any atom is -0.503 e. The van der Waals surface area contributed by atoms with E-state index < -0.39 is 23.1 Å². The van der Waals surface area contributed by atoms with E-state index in [9.17, 15) is 19.5 Å². The van der Waals surface area contributed by atoms with Gasteiger partial charge >= 0.3 is 0 Å². The van der Waals surface area contributed by atoms with E-state index in [-0.39, 0.29) is 36.3 Å². The highest BCUT2D eigenvalue weighted by Gasteiger charge is 2.24. The molecule has 146 valence electrons. The van der Waals surface area contributed by atoms with Crippen molar-refractivity contribution in [1.29, 1.82) is 0 Å². The molecule has 4 N–H and O–H groups in total. The number of amides is 2. The summed E-state index contributed by atoms with van der Waals surface area (Å²) in [5, 5.41) is 15.2. The van der Waals surface area contributed by atoms with Gasteiger partial charge in [0.15, 0.2) is 11.4 Å². The Labute approximate surface area is 163 Å². The highest BCUT2D eigenvalue weighted by molar-refractivity contribution is 5.98. The van der Waals surface area contributed by atoms with E-state index in [4.69, 9.17) is 0 Å². The number of carbonyl (C=O) groups excluding carboxylic acids is 2. The molecule has 2 rings (SSSR count). The summed E-state index contributed by atoms with van der Waals surface area (Å²) < 4.78 is 0. The normalized spacial score (nSPS) is 11.4. The Morgan fingerprint density at radius 2 is 1.81 bits per heavy atom. The molecule has 0 saturated carbocycles. The second-order valence-corrected chi connectivity index (χ2v) is 6.42. The number of hydrogen-bond donors (Lipinski definition) is 4. The van der Waals surface area contributed by atoms with Gasteiger partial charge in [-0.15, -0.1) is 12.4 Å². The molecule has 0 aliphatic heterocycles. The van der Waals surface area contributed by atoms with E-state index in [2.05, 4.69) is 15.6 Å². The Morgan fingerprint density at radius 3 is 2.44 bits per heavy atom. The molecule has 0 aliphatic rings. The number of benzene rings is 1. The van der Waals surface area contributed by atoms with Crippen molar-refractivity contribution < 1.29 is 14.7 Å². The lowest BCUT2D eigenvalue weighted by molar-refractivity contribution is -0.123. The molecular formula is C19H24ClN3O4. The third-order valence-corrected chi connectivity index (χ3v) is 3.75. The van der Waals surface area contributed by atoms with Gasteiger partial charge in [-0.3, -0.25) is 14.4 Å². The maximum atomic E-state index is 12.5. The van der Waals surface area contributed by atoms with E-state index in [0.29, 0.717) is 6.54 Å². The molecule has 2 aromatic rings. The monoisotopic (exact) mass is 393 g/mol. The Balaban J connectivity index is 0.00000364. The SMILES string of the molecule is CC(C)CNC(=O)[C@H](Cc1ccccc1)NC(=O)c1[nH]ccc(=O)c1O.Cl. The van der Waals surface area contributed by atoms with Gasteiger partial charge in [-0.05, 0) is 11.5 Å². The third-order valence-electron chi connectivity index (χ3n) is 3.75. The molecule has 8 heteroatoms. The number of H-pyrrole nitrogens is 1. The molecule has 1 atom stereocenters. The second-order valence-electron chi connectivity index (χ2n) is 6.42. The predicted octanol–water partition coefficient (Wildman–Crippen LogP) is 1.62. The minimum absolute atomic E-state index is 0. The summed E-state index contributed by atoms with van der Waals surface area (Å²) in [4.78, 5) is 39.0. The van der Waals surface area contributed by atoms with Crippen LogP contribution in [-0.4, -0.2) is 34.5 Å². The Morgan fingerprint density at radius 1 is 1.15 bits per heavy atom. The van der Waals surface area contributed by atoms with Crippen molar-refractivity contribution in [2.75, 3.05) is 6.54 Å². The van der Waals surface area contributed by atoms with Crippen molar-refractivity contribution in [2.24, 2.45) is 5.92 Å². The van der Waals surface area contributed by atoms with Gasteiger partial charge in [0.25, 0.3) is 5.91 Å². The Bertz CT molecular complexity index is 821. The van der Waals surface area contributed by atoms with Crippen LogP contribution in [0.1, 0.15) is 29.9 Å². The maximum absolute atomic E-state index is 12.5. The molecular weight excluding hydrogens is 370 g/mol. The van der Waals surface area contributed by atoms with Crippen LogP contribution in [0, 0.1) is 5.92 Å². The van der Waals surface area contributed by atoms with Crippen LogP contribution in [0.3, 0.4) is 0 Å². The number of halogens is 1. The van der Waals surface area contributed by atoms with Crippen molar-refractivity contribution in [1.82, 2.24) is 15.6 Å². The number of carbonyl (C=O) groups is 2. The van der Waals surface area contributed by atoms with Gasteiger partial charge in [0.05, 0.1) is 0 Å². The lowest BCUT2D eigenvalue weighted by Gasteiger charge is -2.19. The van der Waals surface area contributed by atoms with Crippen LogP contribution in [0.5, 0.6) is 5.75 Å². The molecule has 2 amide bonds. The first-order valence-corrected chi connectivity index (χ1v) is 8.41. The first-order chi connectivity index (χ1) is 12.4. The van der Waals surface area contributed by atoms with E-state index in [1.807, 2.05) is 44.2 Å². The smallest absolute Gasteiger partial charge is 0.272 e. The average Bonchev–Trinajstić information content (AvgIpc) is 2.62. The summed E-state index contributed by atoms with van der Waals surface area (Å²) in [7, 11) is 0. The molecule has 0 unspecified atom stereocenters. The molecule has 7 nitrogen and oxygen atoms in total. The first-order valence-electron chi connectivity index (χ1n) is 8.41. The first kappa shape index (κ1) is 22.2. The van der Waals surface area contributed by atoms with E-state index in [1.165, 1.54) is 6.20 Å². The van der Waals surface area contributed by atoms with Crippen molar-refractivity contribution in [3.8, 4) is 5.75 Å². The number of aromatic amines is 1. The zero-order valence-electron chi connectivity index (χ0n) is 15.2.